The Morgan fingerprint density at radius 1 is 0.333 bits per heavy atom. The molecule has 0 aliphatic carbocycles. The van der Waals surface area contributed by atoms with Crippen molar-refractivity contribution in [1.29, 1.82) is 0 Å². The van der Waals surface area contributed by atoms with Crippen LogP contribution >= 0.6 is 0 Å². The summed E-state index contributed by atoms with van der Waals surface area (Å²) in [7, 11) is 0. The average Bonchev–Trinajstić information content (AvgIpc) is 3.88. The molecule has 3 heterocycles. The van der Waals surface area contributed by atoms with Crippen molar-refractivity contribution in [2.75, 3.05) is 9.80 Å². The molecule has 0 bridgehead atoms. The lowest BCUT2D eigenvalue weighted by molar-refractivity contribution is 0.669. The van der Waals surface area contributed by atoms with Gasteiger partial charge in [-0.3, -0.25) is 4.98 Å². The summed E-state index contributed by atoms with van der Waals surface area (Å²) < 4.78 is 12.9. The van der Waals surface area contributed by atoms with Crippen molar-refractivity contribution in [3.63, 3.8) is 0 Å². The lowest BCUT2D eigenvalue weighted by Crippen LogP contribution is -2.14. The van der Waals surface area contributed by atoms with Gasteiger partial charge < -0.3 is 18.6 Å². The van der Waals surface area contributed by atoms with Crippen molar-refractivity contribution in [3.8, 4) is 11.3 Å². The first-order valence-electron chi connectivity index (χ1n) is 20.2. The van der Waals surface area contributed by atoms with Crippen LogP contribution in [0, 0.1) is 0 Å². The third kappa shape index (κ3) is 5.59. The summed E-state index contributed by atoms with van der Waals surface area (Å²) >= 11 is 0. The van der Waals surface area contributed by atoms with Gasteiger partial charge in [0.15, 0.2) is 0 Å². The highest BCUT2D eigenvalue weighted by atomic mass is 16.3. The van der Waals surface area contributed by atoms with Gasteiger partial charge in [-0.15, -0.1) is 0 Å². The molecular formula is C55H35N3O2. The summed E-state index contributed by atoms with van der Waals surface area (Å²) in [6.07, 6.45) is 1.86. The van der Waals surface area contributed by atoms with E-state index in [1.807, 2.05) is 42.6 Å². The van der Waals surface area contributed by atoms with E-state index in [2.05, 4.69) is 180 Å². The number of hydrogen-bond donors (Lipinski definition) is 0. The van der Waals surface area contributed by atoms with Crippen molar-refractivity contribution >= 4 is 99.5 Å². The standard InChI is InChI=1S/C55H35N3O2/c1-3-14-39(15-4-1)57(40-16-5-2-6-17-40)42-30-38(49-20-11-12-29-56-49)31-43(33-42)58(50-21-13-24-53-55(50)45-19-8-10-23-52(45)59-53)41-28-27-36-25-26-37-32-54-48(35-47(37)46(36)34-41)44-18-7-9-22-51(44)60-54/h1-35H. The van der Waals surface area contributed by atoms with Gasteiger partial charge >= 0.3 is 0 Å². The average molecular weight is 770 g/mol. The molecule has 12 rings (SSSR count). The van der Waals surface area contributed by atoms with E-state index in [0.29, 0.717) is 0 Å². The van der Waals surface area contributed by atoms with E-state index in [1.54, 1.807) is 0 Å². The number of para-hydroxylation sites is 4. The van der Waals surface area contributed by atoms with E-state index in [-0.39, 0.29) is 0 Å². The van der Waals surface area contributed by atoms with Gasteiger partial charge in [-0.05, 0) is 125 Å². The Hall–Kier alpha value is -8.15. The Balaban J connectivity index is 1.17. The van der Waals surface area contributed by atoms with Crippen molar-refractivity contribution < 1.29 is 8.83 Å². The van der Waals surface area contributed by atoms with Crippen LogP contribution in [0.15, 0.2) is 221 Å². The molecule has 0 N–H and O–H groups in total. The van der Waals surface area contributed by atoms with Crippen molar-refractivity contribution in [1.82, 2.24) is 4.98 Å². The number of aromatic nitrogens is 1. The molecule has 5 nitrogen and oxygen atoms in total. The normalized spacial score (nSPS) is 11.7. The fourth-order valence-corrected chi connectivity index (χ4v) is 8.91. The van der Waals surface area contributed by atoms with Gasteiger partial charge in [0, 0.05) is 56.4 Å². The zero-order valence-electron chi connectivity index (χ0n) is 32.4. The maximum atomic E-state index is 6.53. The minimum atomic E-state index is 0.829. The molecule has 0 radical (unpaired) electrons. The summed E-state index contributed by atoms with van der Waals surface area (Å²) in [6, 6.07) is 72.6. The van der Waals surface area contributed by atoms with Crippen LogP contribution in [0.5, 0.6) is 0 Å². The van der Waals surface area contributed by atoms with Crippen LogP contribution in [0.1, 0.15) is 0 Å². The Bertz CT molecular complexity index is 3520. The zero-order chi connectivity index (χ0) is 39.6. The van der Waals surface area contributed by atoms with E-state index in [4.69, 9.17) is 13.8 Å². The van der Waals surface area contributed by atoms with Gasteiger partial charge in [-0.2, -0.15) is 0 Å². The van der Waals surface area contributed by atoms with Crippen LogP contribution in [0.4, 0.5) is 34.1 Å². The van der Waals surface area contributed by atoms with Crippen LogP contribution < -0.4 is 9.80 Å². The minimum absolute atomic E-state index is 0.829. The van der Waals surface area contributed by atoms with Crippen LogP contribution in [-0.2, 0) is 0 Å². The van der Waals surface area contributed by atoms with Gasteiger partial charge in [0.2, 0.25) is 0 Å². The van der Waals surface area contributed by atoms with Crippen LogP contribution in [0.2, 0.25) is 0 Å². The molecule has 0 saturated carbocycles. The van der Waals surface area contributed by atoms with E-state index < -0.39 is 0 Å². The molecule has 60 heavy (non-hydrogen) atoms. The number of nitrogens with zero attached hydrogens (tertiary/aromatic N) is 3. The molecule has 3 aromatic heterocycles. The Morgan fingerprint density at radius 2 is 0.950 bits per heavy atom. The topological polar surface area (TPSA) is 45.7 Å². The highest BCUT2D eigenvalue weighted by molar-refractivity contribution is 6.18. The fraction of sp³-hybridized carbons (Fsp3) is 0. The second kappa shape index (κ2) is 13.8. The molecule has 0 spiro atoms. The van der Waals surface area contributed by atoms with Crippen LogP contribution in [-0.4, -0.2) is 4.98 Å². The Morgan fingerprint density at radius 3 is 1.72 bits per heavy atom. The molecule has 12 aromatic rings. The van der Waals surface area contributed by atoms with E-state index in [1.165, 1.54) is 5.39 Å². The molecule has 0 atom stereocenters. The van der Waals surface area contributed by atoms with Crippen molar-refractivity contribution in [2.45, 2.75) is 0 Å². The van der Waals surface area contributed by atoms with Gasteiger partial charge in [0.05, 0.1) is 16.8 Å². The lowest BCUT2D eigenvalue weighted by Gasteiger charge is -2.30. The summed E-state index contributed by atoms with van der Waals surface area (Å²) in [5, 5.41) is 8.94. The molecule has 282 valence electrons. The third-order valence-corrected chi connectivity index (χ3v) is 11.6. The molecule has 5 heteroatoms. The number of hydrogen-bond acceptors (Lipinski definition) is 5. The van der Waals surface area contributed by atoms with Crippen molar-refractivity contribution in [2.24, 2.45) is 0 Å². The van der Waals surface area contributed by atoms with Gasteiger partial charge in [0.25, 0.3) is 0 Å². The molecule has 0 unspecified atom stereocenters. The second-order valence-corrected chi connectivity index (χ2v) is 15.2. The number of fused-ring (bicyclic) bond motifs is 9. The van der Waals surface area contributed by atoms with E-state index >= 15 is 0 Å². The first-order valence-corrected chi connectivity index (χ1v) is 20.2. The molecule has 9 aromatic carbocycles. The van der Waals surface area contributed by atoms with Crippen LogP contribution in [0.3, 0.4) is 0 Å². The highest BCUT2D eigenvalue weighted by Gasteiger charge is 2.23. The smallest absolute Gasteiger partial charge is 0.137 e. The number of rotatable bonds is 7. The number of anilines is 6. The van der Waals surface area contributed by atoms with Crippen molar-refractivity contribution in [3.05, 3.63) is 212 Å². The summed E-state index contributed by atoms with van der Waals surface area (Å²) in [5.41, 5.74) is 11.4. The molecule has 0 aliphatic rings. The van der Waals surface area contributed by atoms with Gasteiger partial charge in [-0.25, -0.2) is 0 Å². The maximum Gasteiger partial charge on any atom is 0.137 e. The first kappa shape index (κ1) is 33.9. The summed E-state index contributed by atoms with van der Waals surface area (Å²) in [6.45, 7) is 0. The van der Waals surface area contributed by atoms with E-state index in [9.17, 15) is 0 Å². The molecule has 0 saturated heterocycles. The minimum Gasteiger partial charge on any atom is -0.456 e. The quantitative estimate of drug-likeness (QED) is 0.151. The summed E-state index contributed by atoms with van der Waals surface area (Å²) in [4.78, 5) is 9.58. The SMILES string of the molecule is c1ccc(N(c2ccccc2)c2cc(-c3ccccn3)cc(N(c3ccc4ccc5cc6oc7ccccc7c6cc5c4c3)c3cccc4oc5ccccc5c34)c2)cc1. The Labute approximate surface area is 345 Å². The van der Waals surface area contributed by atoms with Gasteiger partial charge in [0.1, 0.15) is 22.3 Å². The predicted octanol–water partition coefficient (Wildman–Crippen LogP) is 15.8. The maximum absolute atomic E-state index is 6.53. The molecule has 0 amide bonds. The van der Waals surface area contributed by atoms with Crippen LogP contribution in [0.25, 0.3) is 76.7 Å². The highest BCUT2D eigenvalue weighted by Crippen LogP contribution is 2.47. The number of benzene rings is 9. The monoisotopic (exact) mass is 769 g/mol. The molecule has 0 aliphatic heterocycles. The summed E-state index contributed by atoms with van der Waals surface area (Å²) in [5.74, 6) is 0. The third-order valence-electron chi connectivity index (χ3n) is 11.6. The number of pyridine rings is 1. The fourth-order valence-electron chi connectivity index (χ4n) is 8.91. The Kier molecular flexibility index (Phi) is 7.78. The lowest BCUT2D eigenvalue weighted by atomic mass is 9.98. The zero-order valence-corrected chi connectivity index (χ0v) is 32.4. The van der Waals surface area contributed by atoms with E-state index in [0.717, 1.165) is 105 Å². The number of furan rings is 2. The largest absolute Gasteiger partial charge is 0.456 e. The van der Waals surface area contributed by atoms with Gasteiger partial charge in [-0.1, -0.05) is 103 Å². The molecule has 0 fully saturated rings. The second-order valence-electron chi connectivity index (χ2n) is 15.2. The molecular weight excluding hydrogens is 735 g/mol. The first-order chi connectivity index (χ1) is 29.7. The predicted molar refractivity (Wildman–Crippen MR) is 249 cm³/mol.